The number of amides is 1. The highest BCUT2D eigenvalue weighted by molar-refractivity contribution is 5.97. The Morgan fingerprint density at radius 1 is 1.21 bits per heavy atom. The standard InChI is InChI=1S/C15H23NO3/c1-5-11(6-2)10-16-15(17)13-8-7-12(18-3)9-14(13)19-4/h7-9,11H,5-6,10H2,1-4H3,(H,16,17). The van der Waals surface area contributed by atoms with Gasteiger partial charge in [-0.25, -0.2) is 0 Å². The number of hydrogen-bond acceptors (Lipinski definition) is 3. The van der Waals surface area contributed by atoms with E-state index in [1.54, 1.807) is 32.4 Å². The van der Waals surface area contributed by atoms with Crippen molar-refractivity contribution in [3.8, 4) is 11.5 Å². The van der Waals surface area contributed by atoms with Crippen LogP contribution in [0.25, 0.3) is 0 Å². The molecular weight excluding hydrogens is 242 g/mol. The van der Waals surface area contributed by atoms with Gasteiger partial charge >= 0.3 is 0 Å². The Labute approximate surface area is 115 Å². The van der Waals surface area contributed by atoms with Crippen LogP contribution in [0.3, 0.4) is 0 Å². The normalized spacial score (nSPS) is 10.4. The van der Waals surface area contributed by atoms with Gasteiger partial charge in [-0.05, 0) is 18.1 Å². The summed E-state index contributed by atoms with van der Waals surface area (Å²) in [5.41, 5.74) is 0.536. The van der Waals surface area contributed by atoms with Crippen LogP contribution in [0.4, 0.5) is 0 Å². The van der Waals surface area contributed by atoms with Gasteiger partial charge in [-0.1, -0.05) is 26.7 Å². The number of hydrogen-bond donors (Lipinski definition) is 1. The molecule has 1 rings (SSSR count). The van der Waals surface area contributed by atoms with E-state index in [9.17, 15) is 4.79 Å². The Bertz CT molecular complexity index is 414. The molecule has 0 radical (unpaired) electrons. The van der Waals surface area contributed by atoms with E-state index in [2.05, 4.69) is 19.2 Å². The summed E-state index contributed by atoms with van der Waals surface area (Å²) in [5.74, 6) is 1.62. The van der Waals surface area contributed by atoms with Crippen molar-refractivity contribution in [1.29, 1.82) is 0 Å². The van der Waals surface area contributed by atoms with Gasteiger partial charge in [-0.2, -0.15) is 0 Å². The molecule has 0 saturated heterocycles. The van der Waals surface area contributed by atoms with Crippen molar-refractivity contribution in [2.24, 2.45) is 5.92 Å². The van der Waals surface area contributed by atoms with E-state index in [1.165, 1.54) is 0 Å². The molecule has 0 saturated carbocycles. The van der Waals surface area contributed by atoms with Crippen LogP contribution < -0.4 is 14.8 Å². The first-order valence-corrected chi connectivity index (χ1v) is 6.66. The van der Waals surface area contributed by atoms with Crippen LogP contribution in [-0.2, 0) is 0 Å². The minimum atomic E-state index is -0.105. The van der Waals surface area contributed by atoms with Gasteiger partial charge in [0, 0.05) is 12.6 Å². The summed E-state index contributed by atoms with van der Waals surface area (Å²) >= 11 is 0. The van der Waals surface area contributed by atoms with E-state index in [-0.39, 0.29) is 5.91 Å². The molecule has 1 amide bonds. The maximum atomic E-state index is 12.1. The van der Waals surface area contributed by atoms with Crippen LogP contribution in [0.5, 0.6) is 11.5 Å². The third kappa shape index (κ3) is 4.16. The molecule has 106 valence electrons. The number of nitrogens with one attached hydrogen (secondary N) is 1. The molecule has 0 atom stereocenters. The molecule has 0 fully saturated rings. The highest BCUT2D eigenvalue weighted by Gasteiger charge is 2.14. The average molecular weight is 265 g/mol. The van der Waals surface area contributed by atoms with Crippen LogP contribution in [0, 0.1) is 5.92 Å². The van der Waals surface area contributed by atoms with Crippen LogP contribution in [0.15, 0.2) is 18.2 Å². The van der Waals surface area contributed by atoms with Gasteiger partial charge in [0.2, 0.25) is 0 Å². The smallest absolute Gasteiger partial charge is 0.255 e. The second kappa shape index (κ2) is 7.67. The average Bonchev–Trinajstić information content (AvgIpc) is 2.47. The quantitative estimate of drug-likeness (QED) is 0.824. The number of carbonyl (C=O) groups is 1. The lowest BCUT2D eigenvalue weighted by Gasteiger charge is -2.15. The van der Waals surface area contributed by atoms with E-state index in [0.717, 1.165) is 12.8 Å². The Balaban J connectivity index is 2.76. The Kier molecular flexibility index (Phi) is 6.19. The molecule has 0 aliphatic heterocycles. The Morgan fingerprint density at radius 2 is 1.89 bits per heavy atom. The molecule has 0 heterocycles. The predicted octanol–water partition coefficient (Wildman–Crippen LogP) is 2.87. The summed E-state index contributed by atoms with van der Waals surface area (Å²) in [4.78, 5) is 12.1. The minimum Gasteiger partial charge on any atom is -0.497 e. The third-order valence-corrected chi connectivity index (χ3v) is 3.36. The minimum absolute atomic E-state index is 0.105. The van der Waals surface area contributed by atoms with E-state index in [0.29, 0.717) is 29.5 Å². The molecule has 1 N–H and O–H groups in total. The third-order valence-electron chi connectivity index (χ3n) is 3.36. The van der Waals surface area contributed by atoms with E-state index >= 15 is 0 Å². The zero-order valence-corrected chi connectivity index (χ0v) is 12.2. The van der Waals surface area contributed by atoms with Crippen molar-refractivity contribution >= 4 is 5.91 Å². The lowest BCUT2D eigenvalue weighted by molar-refractivity contribution is 0.0943. The molecule has 0 aromatic heterocycles. The summed E-state index contributed by atoms with van der Waals surface area (Å²) in [6.07, 6.45) is 2.13. The second-order valence-corrected chi connectivity index (χ2v) is 4.46. The predicted molar refractivity (Wildman–Crippen MR) is 76.0 cm³/mol. The van der Waals surface area contributed by atoms with Gasteiger partial charge < -0.3 is 14.8 Å². The van der Waals surface area contributed by atoms with Crippen molar-refractivity contribution in [2.75, 3.05) is 20.8 Å². The van der Waals surface area contributed by atoms with Crippen molar-refractivity contribution < 1.29 is 14.3 Å². The van der Waals surface area contributed by atoms with Gasteiger partial charge in [0.05, 0.1) is 19.8 Å². The summed E-state index contributed by atoms with van der Waals surface area (Å²) < 4.78 is 10.3. The maximum absolute atomic E-state index is 12.1. The zero-order chi connectivity index (χ0) is 14.3. The van der Waals surface area contributed by atoms with Gasteiger partial charge in [0.1, 0.15) is 11.5 Å². The van der Waals surface area contributed by atoms with E-state index < -0.39 is 0 Å². The van der Waals surface area contributed by atoms with Crippen molar-refractivity contribution in [3.05, 3.63) is 23.8 Å². The fraction of sp³-hybridized carbons (Fsp3) is 0.533. The Hall–Kier alpha value is -1.71. The SMILES string of the molecule is CCC(CC)CNC(=O)c1ccc(OC)cc1OC. The van der Waals surface area contributed by atoms with Crippen molar-refractivity contribution in [1.82, 2.24) is 5.32 Å². The summed E-state index contributed by atoms with van der Waals surface area (Å²) in [5, 5.41) is 2.95. The highest BCUT2D eigenvalue weighted by atomic mass is 16.5. The van der Waals surface area contributed by atoms with Gasteiger partial charge in [-0.3, -0.25) is 4.79 Å². The fourth-order valence-electron chi connectivity index (χ4n) is 1.90. The number of methoxy groups -OCH3 is 2. The van der Waals surface area contributed by atoms with Gasteiger partial charge in [-0.15, -0.1) is 0 Å². The number of carbonyl (C=O) groups excluding carboxylic acids is 1. The molecular formula is C15H23NO3. The lowest BCUT2D eigenvalue weighted by atomic mass is 10.0. The van der Waals surface area contributed by atoms with Crippen LogP contribution in [0.1, 0.15) is 37.0 Å². The van der Waals surface area contributed by atoms with Crippen LogP contribution in [-0.4, -0.2) is 26.7 Å². The molecule has 0 spiro atoms. The highest BCUT2D eigenvalue weighted by Crippen LogP contribution is 2.24. The molecule has 0 aliphatic carbocycles. The molecule has 1 aromatic carbocycles. The zero-order valence-electron chi connectivity index (χ0n) is 12.2. The number of ether oxygens (including phenoxy) is 2. The Morgan fingerprint density at radius 3 is 2.42 bits per heavy atom. The fourth-order valence-corrected chi connectivity index (χ4v) is 1.90. The maximum Gasteiger partial charge on any atom is 0.255 e. The molecule has 0 bridgehead atoms. The van der Waals surface area contributed by atoms with Crippen LogP contribution in [0.2, 0.25) is 0 Å². The van der Waals surface area contributed by atoms with Crippen LogP contribution >= 0.6 is 0 Å². The van der Waals surface area contributed by atoms with E-state index in [1.807, 2.05) is 0 Å². The molecule has 1 aromatic rings. The first-order valence-electron chi connectivity index (χ1n) is 6.66. The first-order chi connectivity index (χ1) is 9.15. The summed E-state index contributed by atoms with van der Waals surface area (Å²) in [6.45, 7) is 4.96. The topological polar surface area (TPSA) is 47.6 Å². The van der Waals surface area contributed by atoms with Gasteiger partial charge in [0.25, 0.3) is 5.91 Å². The first kappa shape index (κ1) is 15.3. The van der Waals surface area contributed by atoms with Gasteiger partial charge in [0.15, 0.2) is 0 Å². The largest absolute Gasteiger partial charge is 0.497 e. The second-order valence-electron chi connectivity index (χ2n) is 4.46. The van der Waals surface area contributed by atoms with Crippen molar-refractivity contribution in [2.45, 2.75) is 26.7 Å². The molecule has 4 heteroatoms. The molecule has 0 aliphatic rings. The van der Waals surface area contributed by atoms with E-state index in [4.69, 9.17) is 9.47 Å². The summed E-state index contributed by atoms with van der Waals surface area (Å²) in [7, 11) is 3.13. The monoisotopic (exact) mass is 265 g/mol. The molecule has 0 unspecified atom stereocenters. The number of rotatable bonds is 7. The number of benzene rings is 1. The lowest BCUT2D eigenvalue weighted by Crippen LogP contribution is -2.29. The summed E-state index contributed by atoms with van der Waals surface area (Å²) in [6, 6.07) is 5.19. The molecule has 19 heavy (non-hydrogen) atoms. The molecule has 4 nitrogen and oxygen atoms in total. The van der Waals surface area contributed by atoms with Crippen molar-refractivity contribution in [3.63, 3.8) is 0 Å².